The van der Waals surface area contributed by atoms with Crippen molar-refractivity contribution < 1.29 is 5.11 Å². The molecule has 4 heteroatoms. The van der Waals surface area contributed by atoms with Crippen LogP contribution in [0.3, 0.4) is 0 Å². The van der Waals surface area contributed by atoms with Gasteiger partial charge >= 0.3 is 0 Å². The molecule has 0 fully saturated rings. The summed E-state index contributed by atoms with van der Waals surface area (Å²) in [5.74, 6) is 0.227. The second-order valence-electron chi connectivity index (χ2n) is 6.20. The van der Waals surface area contributed by atoms with Gasteiger partial charge in [-0.1, -0.05) is 44.9 Å². The van der Waals surface area contributed by atoms with Crippen LogP contribution in [0, 0.1) is 0 Å². The Kier molecular flexibility index (Phi) is 4.42. The molecule has 0 aliphatic rings. The number of anilines is 1. The topological polar surface area (TPSA) is 64.1 Å². The van der Waals surface area contributed by atoms with Crippen LogP contribution in [0.1, 0.15) is 45.1 Å². The Hall–Kier alpha value is -2.23. The summed E-state index contributed by atoms with van der Waals surface area (Å²) in [6, 6.07) is 6.17. The van der Waals surface area contributed by atoms with Crippen LogP contribution in [-0.2, 0) is 13.0 Å². The third-order valence-electron chi connectivity index (χ3n) is 4.46. The van der Waals surface area contributed by atoms with E-state index in [1.165, 1.54) is 18.4 Å². The molecule has 0 spiro atoms. The molecule has 0 saturated heterocycles. The molecule has 0 saturated carbocycles. The highest BCUT2D eigenvalue weighted by Gasteiger charge is 2.16. The normalized spacial score (nSPS) is 11.6. The van der Waals surface area contributed by atoms with Gasteiger partial charge in [-0.3, -0.25) is 0 Å². The smallest absolute Gasteiger partial charge is 0.202 e. The number of nitrogens with two attached hydrogens (primary N) is 1. The van der Waals surface area contributed by atoms with E-state index in [0.717, 1.165) is 42.2 Å². The van der Waals surface area contributed by atoms with Crippen molar-refractivity contribution in [1.82, 2.24) is 9.55 Å². The number of aromatic nitrogens is 2. The first-order valence-corrected chi connectivity index (χ1v) is 8.56. The van der Waals surface area contributed by atoms with Crippen molar-refractivity contribution >= 4 is 27.5 Å². The van der Waals surface area contributed by atoms with E-state index < -0.39 is 0 Å². The van der Waals surface area contributed by atoms with Crippen molar-refractivity contribution in [3.63, 3.8) is 0 Å². The maximum atomic E-state index is 10.4. The third-order valence-corrected chi connectivity index (χ3v) is 4.46. The zero-order valence-corrected chi connectivity index (χ0v) is 14.0. The number of aromatic hydroxyl groups is 1. The van der Waals surface area contributed by atoms with Gasteiger partial charge in [-0.15, -0.1) is 0 Å². The van der Waals surface area contributed by atoms with E-state index in [1.54, 1.807) is 0 Å². The molecule has 0 aliphatic heterocycles. The van der Waals surface area contributed by atoms with Gasteiger partial charge in [-0.05, 0) is 24.8 Å². The average Bonchev–Trinajstić information content (AvgIpc) is 2.85. The van der Waals surface area contributed by atoms with Gasteiger partial charge in [0.15, 0.2) is 0 Å². The summed E-state index contributed by atoms with van der Waals surface area (Å²) < 4.78 is 1.84. The quantitative estimate of drug-likeness (QED) is 0.653. The zero-order valence-electron chi connectivity index (χ0n) is 14.0. The Labute approximate surface area is 136 Å². The monoisotopic (exact) mass is 311 g/mol. The first-order valence-electron chi connectivity index (χ1n) is 8.56. The lowest BCUT2D eigenvalue weighted by Crippen LogP contribution is -1.95. The standard InChI is InChI=1S/C19H25N3O/c1-3-5-6-8-13-9-7-10-14-17(20)16-15(21-18(13)14)12-22(11-4-2)19(16)23/h7,9-10,12,23H,3-6,8,11,20H2,1-2H3. The number of hydrogen-bond acceptors (Lipinski definition) is 3. The summed E-state index contributed by atoms with van der Waals surface area (Å²) in [5, 5.41) is 12.1. The maximum Gasteiger partial charge on any atom is 0.202 e. The minimum atomic E-state index is 0.227. The molecular formula is C19H25N3O. The van der Waals surface area contributed by atoms with E-state index in [9.17, 15) is 5.11 Å². The number of rotatable bonds is 6. The second kappa shape index (κ2) is 6.49. The molecule has 3 aromatic rings. The number of pyridine rings is 1. The van der Waals surface area contributed by atoms with Crippen LogP contribution in [0.2, 0.25) is 0 Å². The van der Waals surface area contributed by atoms with Gasteiger partial charge in [0.25, 0.3) is 0 Å². The summed E-state index contributed by atoms with van der Waals surface area (Å²) in [7, 11) is 0. The molecule has 23 heavy (non-hydrogen) atoms. The lowest BCUT2D eigenvalue weighted by Gasteiger charge is -2.09. The highest BCUT2D eigenvalue weighted by Crippen LogP contribution is 2.36. The Morgan fingerprint density at radius 3 is 2.74 bits per heavy atom. The van der Waals surface area contributed by atoms with Gasteiger partial charge < -0.3 is 15.4 Å². The molecular weight excluding hydrogens is 286 g/mol. The molecule has 2 heterocycles. The predicted octanol–water partition coefficient (Wildman–Crippen LogP) is 4.62. The predicted molar refractivity (Wildman–Crippen MR) is 96.8 cm³/mol. The summed E-state index contributed by atoms with van der Waals surface area (Å²) in [4.78, 5) is 4.82. The average molecular weight is 311 g/mol. The lowest BCUT2D eigenvalue weighted by molar-refractivity contribution is 0.421. The summed E-state index contributed by atoms with van der Waals surface area (Å²) in [6.07, 6.45) is 7.48. The van der Waals surface area contributed by atoms with Crippen molar-refractivity contribution in [3.05, 3.63) is 30.0 Å². The van der Waals surface area contributed by atoms with Crippen LogP contribution in [0.4, 0.5) is 5.69 Å². The highest BCUT2D eigenvalue weighted by molar-refractivity contribution is 6.09. The molecule has 0 aliphatic carbocycles. The van der Waals surface area contributed by atoms with Crippen LogP contribution in [-0.4, -0.2) is 14.7 Å². The molecule has 4 nitrogen and oxygen atoms in total. The Bertz CT molecular complexity index is 836. The molecule has 0 atom stereocenters. The summed E-state index contributed by atoms with van der Waals surface area (Å²) in [6.45, 7) is 5.06. The van der Waals surface area contributed by atoms with Crippen LogP contribution >= 0.6 is 0 Å². The number of fused-ring (bicyclic) bond motifs is 2. The van der Waals surface area contributed by atoms with Crippen LogP contribution in [0.25, 0.3) is 21.8 Å². The Balaban J connectivity index is 2.18. The molecule has 0 amide bonds. The van der Waals surface area contributed by atoms with Gasteiger partial charge in [0.05, 0.1) is 22.1 Å². The minimum absolute atomic E-state index is 0.227. The SMILES string of the molecule is CCCCCc1cccc2c(N)c3c(O)n(CCC)cc3nc12. The fourth-order valence-corrected chi connectivity index (χ4v) is 3.25. The Morgan fingerprint density at radius 2 is 2.00 bits per heavy atom. The number of hydrogen-bond donors (Lipinski definition) is 2. The number of nitrogens with zero attached hydrogens (tertiary/aromatic N) is 2. The van der Waals surface area contributed by atoms with E-state index in [-0.39, 0.29) is 5.88 Å². The first kappa shape index (κ1) is 15.7. The van der Waals surface area contributed by atoms with E-state index in [1.807, 2.05) is 22.9 Å². The molecule has 122 valence electrons. The molecule has 2 aromatic heterocycles. The summed E-state index contributed by atoms with van der Waals surface area (Å²) in [5.41, 5.74) is 10.0. The van der Waals surface area contributed by atoms with E-state index in [0.29, 0.717) is 11.1 Å². The number of unbranched alkanes of at least 4 members (excludes halogenated alkanes) is 2. The molecule has 3 N–H and O–H groups in total. The van der Waals surface area contributed by atoms with Crippen molar-refractivity contribution in [2.24, 2.45) is 0 Å². The molecule has 3 rings (SSSR count). The zero-order chi connectivity index (χ0) is 16.4. The fourth-order valence-electron chi connectivity index (χ4n) is 3.25. The maximum absolute atomic E-state index is 10.4. The van der Waals surface area contributed by atoms with E-state index in [4.69, 9.17) is 10.7 Å². The first-order chi connectivity index (χ1) is 11.2. The minimum Gasteiger partial charge on any atom is -0.494 e. The largest absolute Gasteiger partial charge is 0.494 e. The number of benzene rings is 1. The molecule has 0 bridgehead atoms. The molecule has 0 radical (unpaired) electrons. The third kappa shape index (κ3) is 2.74. The van der Waals surface area contributed by atoms with Gasteiger partial charge in [0.1, 0.15) is 0 Å². The molecule has 1 aromatic carbocycles. The number of aryl methyl sites for hydroxylation is 2. The summed E-state index contributed by atoms with van der Waals surface area (Å²) >= 11 is 0. The van der Waals surface area contributed by atoms with Crippen LogP contribution in [0.5, 0.6) is 5.88 Å². The van der Waals surface area contributed by atoms with Crippen molar-refractivity contribution in [3.8, 4) is 5.88 Å². The van der Waals surface area contributed by atoms with E-state index >= 15 is 0 Å². The van der Waals surface area contributed by atoms with Crippen molar-refractivity contribution in [2.75, 3.05) is 5.73 Å². The Morgan fingerprint density at radius 1 is 1.17 bits per heavy atom. The van der Waals surface area contributed by atoms with Gasteiger partial charge in [-0.2, -0.15) is 0 Å². The van der Waals surface area contributed by atoms with Crippen molar-refractivity contribution in [2.45, 2.75) is 52.5 Å². The number of para-hydroxylation sites is 1. The highest BCUT2D eigenvalue weighted by atomic mass is 16.3. The van der Waals surface area contributed by atoms with Gasteiger partial charge in [0.2, 0.25) is 5.88 Å². The van der Waals surface area contributed by atoms with Crippen LogP contribution in [0.15, 0.2) is 24.4 Å². The van der Waals surface area contributed by atoms with E-state index in [2.05, 4.69) is 19.9 Å². The van der Waals surface area contributed by atoms with Crippen LogP contribution < -0.4 is 5.73 Å². The molecule has 0 unspecified atom stereocenters. The van der Waals surface area contributed by atoms with Gasteiger partial charge in [0, 0.05) is 18.1 Å². The number of nitrogen functional groups attached to an aromatic ring is 1. The lowest BCUT2D eigenvalue weighted by atomic mass is 10.0. The fraction of sp³-hybridized carbons (Fsp3) is 0.421. The second-order valence-corrected chi connectivity index (χ2v) is 6.20. The van der Waals surface area contributed by atoms with Crippen molar-refractivity contribution in [1.29, 1.82) is 0 Å². The van der Waals surface area contributed by atoms with Gasteiger partial charge in [-0.25, -0.2) is 4.98 Å².